The first-order valence-electron chi connectivity index (χ1n) is 13.5. The molecule has 13 nitrogen and oxygen atoms in total. The van der Waals surface area contributed by atoms with Crippen molar-refractivity contribution in [3.8, 4) is 22.5 Å². The van der Waals surface area contributed by atoms with Crippen LogP contribution in [0.5, 0.6) is 0 Å². The summed E-state index contributed by atoms with van der Waals surface area (Å²) >= 11 is 0. The Morgan fingerprint density at radius 1 is 0.714 bits per heavy atom. The Hall–Kier alpha value is -4.17. The lowest BCUT2D eigenvalue weighted by Crippen LogP contribution is -2.33. The number of aromatic nitrogens is 3. The smallest absolute Gasteiger partial charge is 0.354 e. The number of methoxy groups -OCH3 is 2. The van der Waals surface area contributed by atoms with E-state index < -0.39 is 11.9 Å². The monoisotopic (exact) mass is 583 g/mol. The van der Waals surface area contributed by atoms with Crippen molar-refractivity contribution in [2.45, 2.75) is 12.8 Å². The molecule has 1 aromatic carbocycles. The van der Waals surface area contributed by atoms with Crippen LogP contribution in [0.2, 0.25) is 0 Å². The first-order valence-corrected chi connectivity index (χ1v) is 13.5. The topological polar surface area (TPSA) is 179 Å². The normalized spacial score (nSPS) is 11.0. The van der Waals surface area contributed by atoms with Gasteiger partial charge in [-0.25, -0.2) is 24.5 Å². The third-order valence-electron chi connectivity index (χ3n) is 6.42. The second-order valence-corrected chi connectivity index (χ2v) is 9.30. The fourth-order valence-corrected chi connectivity index (χ4v) is 4.25. The predicted octanol–water partition coefficient (Wildman–Crippen LogP) is 2.27. The van der Waals surface area contributed by atoms with Gasteiger partial charge in [-0.2, -0.15) is 0 Å². The van der Waals surface area contributed by atoms with Crippen LogP contribution in [0.1, 0.15) is 33.7 Å². The molecule has 0 aliphatic rings. The summed E-state index contributed by atoms with van der Waals surface area (Å²) in [6, 6.07) is 9.31. The number of anilines is 2. The average molecular weight is 584 g/mol. The van der Waals surface area contributed by atoms with Gasteiger partial charge in [0.05, 0.1) is 18.8 Å². The molecule has 3 aromatic rings. The van der Waals surface area contributed by atoms with Crippen molar-refractivity contribution in [2.24, 2.45) is 0 Å². The van der Waals surface area contributed by atoms with Gasteiger partial charge in [0.25, 0.3) is 0 Å². The molecular weight excluding hydrogens is 546 g/mol. The Morgan fingerprint density at radius 2 is 1.21 bits per heavy atom. The van der Waals surface area contributed by atoms with E-state index in [2.05, 4.69) is 4.98 Å². The van der Waals surface area contributed by atoms with Gasteiger partial charge >= 0.3 is 11.9 Å². The second kappa shape index (κ2) is 16.3. The highest BCUT2D eigenvalue weighted by Gasteiger charge is 2.25. The summed E-state index contributed by atoms with van der Waals surface area (Å²) in [4.78, 5) is 41.1. The van der Waals surface area contributed by atoms with Crippen molar-refractivity contribution in [1.29, 1.82) is 0 Å². The number of carboxylic acid groups (broad SMARTS) is 2. The molecule has 13 heteroatoms. The highest BCUT2D eigenvalue weighted by Crippen LogP contribution is 2.36. The Morgan fingerprint density at radius 3 is 1.64 bits per heavy atom. The maximum absolute atomic E-state index is 11.5. The molecule has 0 spiro atoms. The van der Waals surface area contributed by atoms with E-state index in [1.54, 1.807) is 32.4 Å². The number of nitrogens with zero attached hydrogens (tertiary/aromatic N) is 5. The third-order valence-corrected chi connectivity index (χ3v) is 6.42. The minimum absolute atomic E-state index is 0.0565. The number of carboxylic acids is 2. The average Bonchev–Trinajstić information content (AvgIpc) is 3.01. The van der Waals surface area contributed by atoms with Crippen molar-refractivity contribution in [3.63, 3.8) is 0 Å². The molecule has 0 aliphatic carbocycles. The number of pyridine rings is 1. The van der Waals surface area contributed by atoms with Crippen molar-refractivity contribution in [3.05, 3.63) is 53.9 Å². The Balaban J connectivity index is 2.34. The fraction of sp³-hybridized carbons (Fsp3) is 0.414. The number of aliphatic hydroxyl groups excluding tert-OH is 2. The highest BCUT2D eigenvalue weighted by atomic mass is 16.5. The number of aromatic carboxylic acids is 2. The van der Waals surface area contributed by atoms with Gasteiger partial charge in [0.1, 0.15) is 17.1 Å². The van der Waals surface area contributed by atoms with E-state index in [-0.39, 0.29) is 24.5 Å². The van der Waals surface area contributed by atoms with E-state index in [1.807, 2.05) is 9.80 Å². The lowest BCUT2D eigenvalue weighted by Gasteiger charge is -2.30. The molecule has 0 bridgehead atoms. The van der Waals surface area contributed by atoms with Crippen LogP contribution >= 0.6 is 0 Å². The zero-order valence-electron chi connectivity index (χ0n) is 23.8. The van der Waals surface area contributed by atoms with E-state index in [0.717, 1.165) is 0 Å². The van der Waals surface area contributed by atoms with Crippen molar-refractivity contribution in [1.82, 2.24) is 15.0 Å². The van der Waals surface area contributed by atoms with Gasteiger partial charge in [-0.15, -0.1) is 0 Å². The molecule has 0 radical (unpaired) electrons. The van der Waals surface area contributed by atoms with Gasteiger partial charge in [0.15, 0.2) is 11.6 Å². The van der Waals surface area contributed by atoms with Crippen molar-refractivity contribution in [2.75, 3.05) is 76.6 Å². The largest absolute Gasteiger partial charge is 0.478 e. The van der Waals surface area contributed by atoms with Crippen LogP contribution < -0.4 is 9.80 Å². The maximum atomic E-state index is 11.5. The highest BCUT2D eigenvalue weighted by molar-refractivity contribution is 5.89. The number of benzene rings is 1. The molecule has 0 fully saturated rings. The second-order valence-electron chi connectivity index (χ2n) is 9.30. The molecule has 4 N–H and O–H groups in total. The van der Waals surface area contributed by atoms with E-state index in [9.17, 15) is 30.0 Å². The molecule has 3 rings (SSSR count). The number of aliphatic hydroxyl groups is 2. The molecule has 2 aromatic heterocycles. The van der Waals surface area contributed by atoms with Gasteiger partial charge < -0.3 is 39.7 Å². The molecule has 0 atom stereocenters. The zero-order chi connectivity index (χ0) is 30.5. The lowest BCUT2D eigenvalue weighted by atomic mass is 10.1. The molecule has 226 valence electrons. The van der Waals surface area contributed by atoms with Crippen LogP contribution in [0.4, 0.5) is 11.6 Å². The van der Waals surface area contributed by atoms with E-state index >= 15 is 0 Å². The molecule has 42 heavy (non-hydrogen) atoms. The standard InChI is InChI=1S/C29H37N5O8/c1-41-17-13-34(14-18-42-2)27-25(22-9-10-23(29(39)40)30-19-22)32-26(33(11-3-15-35)12-4-16-36)24(31-27)20-5-7-21(8-6-20)28(37)38/h5-10,19,35-36H,3-4,11-18H2,1-2H3,(H,37,38)(H,39,40). The van der Waals surface area contributed by atoms with Gasteiger partial charge in [-0.3, -0.25) is 0 Å². The van der Waals surface area contributed by atoms with Crippen LogP contribution in [-0.2, 0) is 9.47 Å². The van der Waals surface area contributed by atoms with Crippen LogP contribution in [0, 0.1) is 0 Å². The Kier molecular flexibility index (Phi) is 12.6. The number of rotatable bonds is 18. The molecule has 0 aliphatic heterocycles. The van der Waals surface area contributed by atoms with Crippen molar-refractivity contribution < 1.29 is 39.5 Å². The summed E-state index contributed by atoms with van der Waals surface area (Å²) in [6.07, 6.45) is 2.30. The first-order chi connectivity index (χ1) is 20.3. The predicted molar refractivity (Wildman–Crippen MR) is 156 cm³/mol. The molecular formula is C29H37N5O8. The van der Waals surface area contributed by atoms with Crippen LogP contribution in [0.15, 0.2) is 42.6 Å². The SMILES string of the molecule is COCCN(CCOC)c1nc(-c2ccc(C(=O)O)cc2)c(N(CCCO)CCCO)nc1-c1ccc(C(=O)O)nc1. The van der Waals surface area contributed by atoms with Crippen LogP contribution in [-0.4, -0.2) is 114 Å². The minimum atomic E-state index is -1.16. The van der Waals surface area contributed by atoms with Gasteiger partial charge in [0.2, 0.25) is 0 Å². The van der Waals surface area contributed by atoms with E-state index in [4.69, 9.17) is 19.4 Å². The summed E-state index contributed by atoms with van der Waals surface area (Å²) in [7, 11) is 3.18. The fourth-order valence-electron chi connectivity index (χ4n) is 4.25. The summed E-state index contributed by atoms with van der Waals surface area (Å²) in [5.41, 5.74) is 2.05. The van der Waals surface area contributed by atoms with Gasteiger partial charge in [-0.05, 0) is 37.1 Å². The zero-order valence-corrected chi connectivity index (χ0v) is 23.8. The summed E-state index contributed by atoms with van der Waals surface area (Å²) in [5.74, 6) is -1.28. The molecule has 0 saturated carbocycles. The maximum Gasteiger partial charge on any atom is 0.354 e. The van der Waals surface area contributed by atoms with Crippen LogP contribution in [0.3, 0.4) is 0 Å². The van der Waals surface area contributed by atoms with Gasteiger partial charge in [-0.1, -0.05) is 12.1 Å². The Bertz CT molecular complexity index is 1190. The minimum Gasteiger partial charge on any atom is -0.478 e. The molecule has 0 unspecified atom stereocenters. The third kappa shape index (κ3) is 8.42. The molecule has 0 amide bonds. The quantitative estimate of drug-likeness (QED) is 0.172. The number of ether oxygens (including phenoxy) is 2. The van der Waals surface area contributed by atoms with E-state index in [0.29, 0.717) is 86.4 Å². The number of hydrogen-bond acceptors (Lipinski definition) is 11. The summed E-state index contributed by atoms with van der Waals surface area (Å²) < 4.78 is 10.7. The lowest BCUT2D eigenvalue weighted by molar-refractivity contribution is 0.0682. The van der Waals surface area contributed by atoms with E-state index in [1.165, 1.54) is 24.4 Å². The first kappa shape index (κ1) is 32.3. The van der Waals surface area contributed by atoms with Crippen LogP contribution in [0.25, 0.3) is 22.5 Å². The summed E-state index contributed by atoms with van der Waals surface area (Å²) in [6.45, 7) is 2.36. The summed E-state index contributed by atoms with van der Waals surface area (Å²) in [5, 5.41) is 38.0. The number of hydrogen-bond donors (Lipinski definition) is 4. The van der Waals surface area contributed by atoms with Gasteiger partial charge in [0, 0.05) is 70.9 Å². The molecule has 2 heterocycles. The Labute approximate surface area is 244 Å². The van der Waals surface area contributed by atoms with Crippen molar-refractivity contribution >= 4 is 23.6 Å². The molecule has 0 saturated heterocycles. The number of carbonyl (C=O) groups is 2.